The van der Waals surface area contributed by atoms with E-state index < -0.39 is 0 Å². The van der Waals surface area contributed by atoms with Crippen molar-refractivity contribution in [1.29, 1.82) is 0 Å². The predicted octanol–water partition coefficient (Wildman–Crippen LogP) is 1.19. The zero-order valence-electron chi connectivity index (χ0n) is 12.3. The Morgan fingerprint density at radius 3 is 2.70 bits per heavy atom. The van der Waals surface area contributed by atoms with Gasteiger partial charge in [-0.1, -0.05) is 0 Å². The fraction of sp³-hybridized carbons (Fsp3) is 0.429. The molecular weight excluding hydrogens is 254 g/mol. The third-order valence-corrected chi connectivity index (χ3v) is 3.48. The van der Waals surface area contributed by atoms with E-state index in [2.05, 4.69) is 15.5 Å². The van der Waals surface area contributed by atoms with Crippen molar-refractivity contribution in [2.45, 2.75) is 26.3 Å². The molecule has 2 aromatic rings. The first-order valence-electron chi connectivity index (χ1n) is 6.50. The summed E-state index contributed by atoms with van der Waals surface area (Å²) in [6.45, 7) is 4.01. The molecule has 0 saturated carbocycles. The zero-order chi connectivity index (χ0) is 14.7. The summed E-state index contributed by atoms with van der Waals surface area (Å²) in [6, 6.07) is -0.0256. The number of aryl methyl sites for hydroxylation is 2. The second-order valence-electron chi connectivity index (χ2n) is 4.92. The summed E-state index contributed by atoms with van der Waals surface area (Å²) in [5.41, 5.74) is 6.92. The van der Waals surface area contributed by atoms with Gasteiger partial charge in [0.2, 0.25) is 0 Å². The molecule has 0 saturated heterocycles. The van der Waals surface area contributed by atoms with E-state index in [0.29, 0.717) is 6.42 Å². The fourth-order valence-electron chi connectivity index (χ4n) is 2.36. The highest BCUT2D eigenvalue weighted by Gasteiger charge is 2.17. The molecule has 0 bridgehead atoms. The van der Waals surface area contributed by atoms with Crippen LogP contribution in [0.4, 0.5) is 0 Å². The maximum absolute atomic E-state index is 5.67. The largest absolute Gasteiger partial charge is 0.496 e. The molecule has 0 aromatic carbocycles. The van der Waals surface area contributed by atoms with Crippen LogP contribution in [0, 0.1) is 13.8 Å². The van der Waals surface area contributed by atoms with Crippen molar-refractivity contribution in [1.82, 2.24) is 20.2 Å². The van der Waals surface area contributed by atoms with Crippen molar-refractivity contribution in [3.63, 3.8) is 0 Å². The highest BCUT2D eigenvalue weighted by molar-refractivity contribution is 5.41. The first-order valence-corrected chi connectivity index (χ1v) is 6.50. The minimum atomic E-state index is -0.0256. The monoisotopic (exact) mass is 275 g/mol. The topological polar surface area (TPSA) is 78.0 Å². The quantitative estimate of drug-likeness (QED) is 0.633. The van der Waals surface area contributed by atoms with Gasteiger partial charge in [-0.15, -0.1) is 0 Å². The molecule has 0 amide bonds. The van der Waals surface area contributed by atoms with Gasteiger partial charge >= 0.3 is 0 Å². The lowest BCUT2D eigenvalue weighted by Gasteiger charge is -2.17. The van der Waals surface area contributed by atoms with Crippen LogP contribution in [-0.4, -0.2) is 21.9 Å². The minimum Gasteiger partial charge on any atom is -0.496 e. The lowest BCUT2D eigenvalue weighted by molar-refractivity contribution is 0.406. The molecule has 1 unspecified atom stereocenters. The number of hydrogen-bond donors (Lipinski definition) is 2. The van der Waals surface area contributed by atoms with Crippen LogP contribution in [0.5, 0.6) is 5.75 Å². The normalized spacial score (nSPS) is 12.4. The Morgan fingerprint density at radius 1 is 1.40 bits per heavy atom. The Morgan fingerprint density at radius 2 is 2.15 bits per heavy atom. The number of hydrazine groups is 1. The fourth-order valence-corrected chi connectivity index (χ4v) is 2.36. The first kappa shape index (κ1) is 14.5. The molecule has 0 aliphatic heterocycles. The van der Waals surface area contributed by atoms with Gasteiger partial charge in [-0.25, -0.2) is 0 Å². The number of ether oxygens (including phenoxy) is 1. The number of methoxy groups -OCH3 is 1. The van der Waals surface area contributed by atoms with Crippen LogP contribution in [0.15, 0.2) is 18.6 Å². The van der Waals surface area contributed by atoms with Crippen LogP contribution in [-0.2, 0) is 13.5 Å². The Bertz CT molecular complexity index is 593. The Kier molecular flexibility index (Phi) is 4.36. The lowest BCUT2D eigenvalue weighted by Crippen LogP contribution is -2.29. The van der Waals surface area contributed by atoms with Crippen molar-refractivity contribution in [2.75, 3.05) is 7.11 Å². The summed E-state index contributed by atoms with van der Waals surface area (Å²) in [6.07, 6.45) is 6.28. The number of pyridine rings is 1. The van der Waals surface area contributed by atoms with Crippen LogP contribution in [0.2, 0.25) is 0 Å². The maximum Gasteiger partial charge on any atom is 0.128 e. The van der Waals surface area contributed by atoms with E-state index in [1.807, 2.05) is 39.5 Å². The maximum atomic E-state index is 5.67. The molecule has 1 atom stereocenters. The molecule has 0 aliphatic rings. The van der Waals surface area contributed by atoms with Gasteiger partial charge in [0, 0.05) is 48.2 Å². The van der Waals surface area contributed by atoms with Crippen LogP contribution in [0.3, 0.4) is 0 Å². The summed E-state index contributed by atoms with van der Waals surface area (Å²) in [4.78, 5) is 4.50. The highest BCUT2D eigenvalue weighted by atomic mass is 16.5. The Hall–Kier alpha value is -1.92. The average molecular weight is 275 g/mol. The van der Waals surface area contributed by atoms with Crippen molar-refractivity contribution in [2.24, 2.45) is 12.9 Å². The predicted molar refractivity (Wildman–Crippen MR) is 77.2 cm³/mol. The number of aromatic nitrogens is 3. The van der Waals surface area contributed by atoms with Gasteiger partial charge in [0.25, 0.3) is 0 Å². The second kappa shape index (κ2) is 6.02. The zero-order valence-corrected chi connectivity index (χ0v) is 12.3. The summed E-state index contributed by atoms with van der Waals surface area (Å²) in [7, 11) is 3.56. The molecule has 2 heterocycles. The van der Waals surface area contributed by atoms with Gasteiger partial charge in [0.05, 0.1) is 19.3 Å². The molecule has 2 aromatic heterocycles. The first-order chi connectivity index (χ1) is 9.56. The third kappa shape index (κ3) is 2.81. The van der Waals surface area contributed by atoms with Crippen LogP contribution >= 0.6 is 0 Å². The summed E-state index contributed by atoms with van der Waals surface area (Å²) < 4.78 is 7.19. The summed E-state index contributed by atoms with van der Waals surface area (Å²) >= 11 is 0. The van der Waals surface area contributed by atoms with Crippen LogP contribution in [0.25, 0.3) is 0 Å². The van der Waals surface area contributed by atoms with E-state index in [4.69, 9.17) is 10.6 Å². The van der Waals surface area contributed by atoms with Crippen molar-refractivity contribution >= 4 is 0 Å². The molecule has 0 aliphatic carbocycles. The molecule has 108 valence electrons. The van der Waals surface area contributed by atoms with E-state index in [9.17, 15) is 0 Å². The van der Waals surface area contributed by atoms with Crippen molar-refractivity contribution in [3.05, 3.63) is 41.0 Å². The van der Waals surface area contributed by atoms with E-state index in [1.165, 1.54) is 0 Å². The van der Waals surface area contributed by atoms with Crippen molar-refractivity contribution < 1.29 is 4.74 Å². The van der Waals surface area contributed by atoms with E-state index in [-0.39, 0.29) is 6.04 Å². The third-order valence-electron chi connectivity index (χ3n) is 3.48. The minimum absolute atomic E-state index is 0.0256. The number of nitrogens with zero attached hydrogens (tertiary/aromatic N) is 3. The second-order valence-corrected chi connectivity index (χ2v) is 4.92. The van der Waals surface area contributed by atoms with Crippen LogP contribution in [0.1, 0.15) is 28.4 Å². The van der Waals surface area contributed by atoms with E-state index in [0.717, 1.165) is 28.1 Å². The number of nitrogens with one attached hydrogen (secondary N) is 1. The number of rotatable bonds is 5. The van der Waals surface area contributed by atoms with Gasteiger partial charge < -0.3 is 4.74 Å². The molecule has 2 rings (SSSR count). The van der Waals surface area contributed by atoms with Gasteiger partial charge in [-0.2, -0.15) is 5.10 Å². The lowest BCUT2D eigenvalue weighted by atomic mass is 10.0. The number of nitrogens with two attached hydrogens (primary N) is 1. The smallest absolute Gasteiger partial charge is 0.128 e. The molecule has 20 heavy (non-hydrogen) atoms. The summed E-state index contributed by atoms with van der Waals surface area (Å²) in [5.74, 6) is 6.55. The molecule has 0 fully saturated rings. The van der Waals surface area contributed by atoms with Gasteiger partial charge in [-0.3, -0.25) is 20.9 Å². The highest BCUT2D eigenvalue weighted by Crippen LogP contribution is 2.26. The molecule has 0 spiro atoms. The van der Waals surface area contributed by atoms with E-state index >= 15 is 0 Å². The Labute approximate surface area is 118 Å². The molecular formula is C14H21N5O. The number of hydrogen-bond acceptors (Lipinski definition) is 5. The van der Waals surface area contributed by atoms with Crippen LogP contribution < -0.4 is 16.0 Å². The van der Waals surface area contributed by atoms with E-state index in [1.54, 1.807) is 11.8 Å². The summed E-state index contributed by atoms with van der Waals surface area (Å²) in [5, 5.41) is 4.17. The van der Waals surface area contributed by atoms with Crippen molar-refractivity contribution in [3.8, 4) is 5.75 Å². The average Bonchev–Trinajstić information content (AvgIpc) is 2.85. The molecule has 6 nitrogen and oxygen atoms in total. The standard InChI is InChI=1S/C14H21N5O/c1-9-6-16-12(10(2)14(9)20-4)5-13(18-15)11-7-17-19(3)8-11/h6-8,13,18H,5,15H2,1-4H3. The molecule has 0 radical (unpaired) electrons. The SMILES string of the molecule is COc1c(C)cnc(CC(NN)c2cnn(C)c2)c1C. The van der Waals surface area contributed by atoms with Gasteiger partial charge in [-0.05, 0) is 13.8 Å². The van der Waals surface area contributed by atoms with Gasteiger partial charge in [0.15, 0.2) is 0 Å². The molecule has 6 heteroatoms. The Balaban J connectivity index is 2.28. The van der Waals surface area contributed by atoms with Gasteiger partial charge in [0.1, 0.15) is 5.75 Å². The molecule has 3 N–H and O–H groups in total.